The van der Waals surface area contributed by atoms with Crippen LogP contribution in [-0.2, 0) is 41.4 Å². The van der Waals surface area contributed by atoms with E-state index in [1.807, 2.05) is 0 Å². The third-order valence-corrected chi connectivity index (χ3v) is 6.62. The van der Waals surface area contributed by atoms with Gasteiger partial charge in [0.2, 0.25) is 21.8 Å². The molecule has 212 valence electrons. The molecule has 39 heavy (non-hydrogen) atoms. The number of carbonyl (C=O) groups excluding carboxylic acids is 2. The summed E-state index contributed by atoms with van der Waals surface area (Å²) in [6.45, 7) is 4.84. The molecule has 2 rings (SSSR count). The average molecular weight is 562 g/mol. The molecule has 0 fully saturated rings. The van der Waals surface area contributed by atoms with Gasteiger partial charge in [-0.15, -0.1) is 0 Å². The molecule has 0 spiro atoms. The summed E-state index contributed by atoms with van der Waals surface area (Å²) in [6, 6.07) is 11.9. The predicted molar refractivity (Wildman–Crippen MR) is 145 cm³/mol. The fourth-order valence-corrected chi connectivity index (χ4v) is 4.64. The van der Waals surface area contributed by atoms with Crippen molar-refractivity contribution in [1.82, 2.24) is 15.4 Å². The fourth-order valence-electron chi connectivity index (χ4n) is 3.32. The van der Waals surface area contributed by atoms with Gasteiger partial charge in [-0.3, -0.25) is 19.8 Å². The SMILES string of the molecule is CC(C)(C)OC[C@@H](NS(=O)(=O)Cc1ccccc1)C(=O)NC(CC(=O)O)C(=O)NCc1ccc(C(=N)N)cc1. The molecule has 0 heterocycles. The van der Waals surface area contributed by atoms with Crippen molar-refractivity contribution < 1.29 is 32.6 Å². The van der Waals surface area contributed by atoms with Crippen molar-refractivity contribution >= 4 is 33.6 Å². The zero-order chi connectivity index (χ0) is 29.2. The second-order valence-corrected chi connectivity index (χ2v) is 11.6. The van der Waals surface area contributed by atoms with Crippen molar-refractivity contribution in [3.05, 3.63) is 71.3 Å². The highest BCUT2D eigenvalue weighted by atomic mass is 32.2. The molecule has 0 radical (unpaired) electrons. The third-order valence-electron chi connectivity index (χ3n) is 5.26. The number of hydrogen-bond acceptors (Lipinski definition) is 7. The Bertz CT molecular complexity index is 1260. The summed E-state index contributed by atoms with van der Waals surface area (Å²) in [7, 11) is -4.01. The summed E-state index contributed by atoms with van der Waals surface area (Å²) in [5.74, 6) is -3.53. The number of nitrogens with one attached hydrogen (secondary N) is 4. The van der Waals surface area contributed by atoms with Crippen LogP contribution < -0.4 is 21.1 Å². The molecule has 0 bridgehead atoms. The molecule has 0 aliphatic heterocycles. The van der Waals surface area contributed by atoms with Gasteiger partial charge in [0.05, 0.1) is 24.4 Å². The number of ether oxygens (including phenoxy) is 1. The first-order valence-electron chi connectivity index (χ1n) is 12.1. The number of rotatable bonds is 14. The van der Waals surface area contributed by atoms with Crippen molar-refractivity contribution in [2.45, 2.75) is 57.2 Å². The van der Waals surface area contributed by atoms with Crippen LogP contribution >= 0.6 is 0 Å². The van der Waals surface area contributed by atoms with E-state index in [9.17, 15) is 27.9 Å². The number of nitrogens with two attached hydrogens (primary N) is 1. The first-order chi connectivity index (χ1) is 18.1. The Morgan fingerprint density at radius 2 is 1.59 bits per heavy atom. The molecule has 0 saturated carbocycles. The van der Waals surface area contributed by atoms with Crippen LogP contribution in [0.3, 0.4) is 0 Å². The van der Waals surface area contributed by atoms with Crippen molar-refractivity contribution in [3.63, 3.8) is 0 Å². The summed E-state index contributed by atoms with van der Waals surface area (Å²) in [5, 5.41) is 21.7. The zero-order valence-corrected chi connectivity index (χ0v) is 22.9. The van der Waals surface area contributed by atoms with E-state index >= 15 is 0 Å². The maximum absolute atomic E-state index is 13.1. The number of carbonyl (C=O) groups is 3. The zero-order valence-electron chi connectivity index (χ0n) is 22.1. The second-order valence-electron chi connectivity index (χ2n) is 9.83. The highest BCUT2D eigenvalue weighted by Gasteiger charge is 2.31. The average Bonchev–Trinajstić information content (AvgIpc) is 2.84. The van der Waals surface area contributed by atoms with Gasteiger partial charge < -0.3 is 26.2 Å². The number of amides is 2. The standard InChI is InChI=1S/C26H35N5O7S/c1-26(2,3)38-15-21(31-39(36,37)16-18-7-5-4-6-8-18)25(35)30-20(13-22(32)33)24(34)29-14-17-9-11-19(12-10-17)23(27)28/h4-12,20-21,31H,13-16H2,1-3H3,(H3,27,28)(H,29,34)(H,30,35)(H,32,33)/t20?,21-/m1/s1. The first kappa shape index (κ1) is 31.4. The Morgan fingerprint density at radius 3 is 2.13 bits per heavy atom. The number of hydrogen-bond donors (Lipinski definition) is 6. The molecule has 13 heteroatoms. The van der Waals surface area contributed by atoms with Gasteiger partial charge in [0, 0.05) is 12.1 Å². The maximum atomic E-state index is 13.1. The summed E-state index contributed by atoms with van der Waals surface area (Å²) < 4.78 is 33.6. The van der Waals surface area contributed by atoms with E-state index in [0.717, 1.165) is 0 Å². The molecule has 2 amide bonds. The van der Waals surface area contributed by atoms with Gasteiger partial charge in [-0.1, -0.05) is 54.6 Å². The molecule has 2 aromatic rings. The molecule has 0 aliphatic rings. The lowest BCUT2D eigenvalue weighted by Gasteiger charge is -2.26. The van der Waals surface area contributed by atoms with Crippen molar-refractivity contribution in [1.29, 1.82) is 5.41 Å². The Morgan fingerprint density at radius 1 is 0.974 bits per heavy atom. The monoisotopic (exact) mass is 561 g/mol. The molecule has 0 aromatic heterocycles. The van der Waals surface area contributed by atoms with Gasteiger partial charge in [-0.2, -0.15) is 0 Å². The molecule has 0 aliphatic carbocycles. The summed E-state index contributed by atoms with van der Waals surface area (Å²) in [5.41, 5.74) is 6.37. The lowest BCUT2D eigenvalue weighted by atomic mass is 10.1. The lowest BCUT2D eigenvalue weighted by Crippen LogP contribution is -2.56. The number of aliphatic carboxylic acids is 1. The minimum Gasteiger partial charge on any atom is -0.481 e. The van der Waals surface area contributed by atoms with Gasteiger partial charge in [-0.05, 0) is 31.9 Å². The smallest absolute Gasteiger partial charge is 0.305 e. The predicted octanol–water partition coefficient (Wildman–Crippen LogP) is 0.850. The molecular weight excluding hydrogens is 526 g/mol. The minimum absolute atomic E-state index is 0.0171. The normalized spacial score (nSPS) is 13.2. The van der Waals surface area contributed by atoms with Crippen LogP contribution in [0.2, 0.25) is 0 Å². The van der Waals surface area contributed by atoms with E-state index in [2.05, 4.69) is 15.4 Å². The van der Waals surface area contributed by atoms with Gasteiger partial charge in [0.1, 0.15) is 17.9 Å². The molecule has 1 unspecified atom stereocenters. The third kappa shape index (κ3) is 11.6. The van der Waals surface area contributed by atoms with Crippen LogP contribution in [-0.4, -0.2) is 61.4 Å². The van der Waals surface area contributed by atoms with Gasteiger partial charge >= 0.3 is 5.97 Å². The first-order valence-corrected chi connectivity index (χ1v) is 13.7. The van der Waals surface area contributed by atoms with Crippen molar-refractivity contribution in [2.75, 3.05) is 6.61 Å². The topological polar surface area (TPSA) is 201 Å². The van der Waals surface area contributed by atoms with E-state index in [4.69, 9.17) is 15.9 Å². The van der Waals surface area contributed by atoms with Gasteiger partial charge in [0.25, 0.3) is 0 Å². The number of amidine groups is 1. The largest absolute Gasteiger partial charge is 0.481 e. The van der Waals surface area contributed by atoms with E-state index in [0.29, 0.717) is 16.7 Å². The second kappa shape index (κ2) is 13.8. The summed E-state index contributed by atoms with van der Waals surface area (Å²) >= 11 is 0. The van der Waals surface area contributed by atoms with E-state index in [1.165, 1.54) is 0 Å². The number of nitrogen functional groups attached to an aromatic ring is 1. The van der Waals surface area contributed by atoms with Gasteiger partial charge in [-0.25, -0.2) is 13.1 Å². The van der Waals surface area contributed by atoms with Crippen LogP contribution in [0.25, 0.3) is 0 Å². The number of sulfonamides is 1. The van der Waals surface area contributed by atoms with Gasteiger partial charge in [0.15, 0.2) is 0 Å². The maximum Gasteiger partial charge on any atom is 0.305 e. The molecule has 2 aromatic carbocycles. The molecule has 2 atom stereocenters. The van der Waals surface area contributed by atoms with Crippen LogP contribution in [0.1, 0.15) is 43.9 Å². The quantitative estimate of drug-likeness (QED) is 0.144. The number of carboxylic acid groups (broad SMARTS) is 1. The van der Waals surface area contributed by atoms with E-state index < -0.39 is 57.7 Å². The van der Waals surface area contributed by atoms with Crippen LogP contribution in [0.4, 0.5) is 0 Å². The van der Waals surface area contributed by atoms with E-state index in [1.54, 1.807) is 75.4 Å². The highest BCUT2D eigenvalue weighted by Crippen LogP contribution is 2.10. The summed E-state index contributed by atoms with van der Waals surface area (Å²) in [4.78, 5) is 37.4. The Hall–Kier alpha value is -3.81. The molecular formula is C26H35N5O7S. The number of benzene rings is 2. The van der Waals surface area contributed by atoms with Crippen molar-refractivity contribution in [3.8, 4) is 0 Å². The molecule has 7 N–H and O–H groups in total. The Labute approximate surface area is 227 Å². The molecule has 12 nitrogen and oxygen atoms in total. The van der Waals surface area contributed by atoms with Crippen molar-refractivity contribution in [2.24, 2.45) is 5.73 Å². The molecule has 0 saturated heterocycles. The van der Waals surface area contributed by atoms with E-state index in [-0.39, 0.29) is 19.0 Å². The minimum atomic E-state index is -4.01. The number of carboxylic acids is 1. The van der Waals surface area contributed by atoms with Crippen LogP contribution in [0.15, 0.2) is 54.6 Å². The Balaban J connectivity index is 2.15. The van der Waals surface area contributed by atoms with Crippen LogP contribution in [0.5, 0.6) is 0 Å². The highest BCUT2D eigenvalue weighted by molar-refractivity contribution is 7.88. The van der Waals surface area contributed by atoms with Crippen LogP contribution in [0, 0.1) is 5.41 Å². The summed E-state index contributed by atoms with van der Waals surface area (Å²) in [6.07, 6.45) is -0.732. The fraction of sp³-hybridized carbons (Fsp3) is 0.385. The Kier molecular flexibility index (Phi) is 11.1. The lowest BCUT2D eigenvalue weighted by molar-refractivity contribution is -0.141.